The maximum atomic E-state index is 12.6. The van der Waals surface area contributed by atoms with Crippen molar-refractivity contribution in [2.45, 2.75) is 57.7 Å². The number of carbonyl (C=O) groups is 3. The van der Waals surface area contributed by atoms with Gasteiger partial charge < -0.3 is 25.2 Å². The second-order valence-corrected chi connectivity index (χ2v) is 9.25. The van der Waals surface area contributed by atoms with E-state index in [4.69, 9.17) is 9.47 Å². The third-order valence-electron chi connectivity index (χ3n) is 5.66. The molecular formula is C26H32N2O6. The van der Waals surface area contributed by atoms with E-state index in [9.17, 15) is 19.5 Å². The van der Waals surface area contributed by atoms with Gasteiger partial charge in [0, 0.05) is 5.92 Å². The molecule has 0 aliphatic heterocycles. The Morgan fingerprint density at radius 3 is 2.00 bits per heavy atom. The number of benzene rings is 2. The largest absolute Gasteiger partial charge is 0.480 e. The molecule has 0 heterocycles. The number of rotatable bonds is 9. The van der Waals surface area contributed by atoms with Crippen LogP contribution >= 0.6 is 0 Å². The molecule has 3 N–H and O–H groups in total. The van der Waals surface area contributed by atoms with Gasteiger partial charge in [-0.15, -0.1) is 0 Å². The minimum Gasteiger partial charge on any atom is -0.480 e. The highest BCUT2D eigenvalue weighted by Crippen LogP contribution is 2.44. The third kappa shape index (κ3) is 6.14. The quantitative estimate of drug-likeness (QED) is 0.517. The number of carbonyl (C=O) groups excluding carboxylic acids is 2. The van der Waals surface area contributed by atoms with Gasteiger partial charge in [0.2, 0.25) is 5.91 Å². The summed E-state index contributed by atoms with van der Waals surface area (Å²) in [5.74, 6) is -1.92. The Hall–Kier alpha value is -3.39. The predicted molar refractivity (Wildman–Crippen MR) is 128 cm³/mol. The highest BCUT2D eigenvalue weighted by Gasteiger charge is 2.30. The van der Waals surface area contributed by atoms with Crippen LogP contribution in [0.1, 0.15) is 51.2 Å². The summed E-state index contributed by atoms with van der Waals surface area (Å²) in [7, 11) is 0. The highest BCUT2D eigenvalue weighted by atomic mass is 16.5. The molecule has 1 aliphatic carbocycles. The number of fused-ring (bicyclic) bond motifs is 3. The average Bonchev–Trinajstić information content (AvgIpc) is 3.11. The number of hydrogen-bond acceptors (Lipinski definition) is 5. The number of carboxylic acid groups (broad SMARTS) is 1. The Morgan fingerprint density at radius 1 is 0.941 bits per heavy atom. The molecule has 182 valence electrons. The van der Waals surface area contributed by atoms with E-state index >= 15 is 0 Å². The first kappa shape index (κ1) is 25.2. The number of carboxylic acids is 1. The Labute approximate surface area is 199 Å². The molecule has 0 radical (unpaired) electrons. The van der Waals surface area contributed by atoms with Crippen molar-refractivity contribution in [3.05, 3.63) is 59.7 Å². The molecular weight excluding hydrogens is 436 g/mol. The fourth-order valence-electron chi connectivity index (χ4n) is 3.92. The fraction of sp³-hybridized carbons (Fsp3) is 0.423. The number of aliphatic carboxylic acids is 1. The molecule has 0 fully saturated rings. The fourth-order valence-corrected chi connectivity index (χ4v) is 3.92. The topological polar surface area (TPSA) is 114 Å². The zero-order valence-electron chi connectivity index (χ0n) is 20.0. The van der Waals surface area contributed by atoms with Gasteiger partial charge in [-0.25, -0.2) is 9.59 Å². The van der Waals surface area contributed by atoms with Crippen LogP contribution in [0, 0.1) is 0 Å². The smallest absolute Gasteiger partial charge is 0.407 e. The standard InChI is InChI=1S/C26H32N2O6/c1-5-21(23(29)27-22(24(30)31)15-34-26(2,3)4)28-25(32)33-14-20-18-12-8-6-10-16(18)17-11-7-9-13-19(17)20/h6-13,20-22H,5,14-15H2,1-4H3,(H,27,29)(H,28,32)(H,30,31)/t21-,22+/m1/s1. The first-order valence-electron chi connectivity index (χ1n) is 11.4. The summed E-state index contributed by atoms with van der Waals surface area (Å²) in [6.45, 7) is 7.03. The van der Waals surface area contributed by atoms with E-state index in [0.717, 1.165) is 22.3 Å². The van der Waals surface area contributed by atoms with E-state index in [0.29, 0.717) is 0 Å². The van der Waals surface area contributed by atoms with Crippen LogP contribution in [0.5, 0.6) is 0 Å². The molecule has 3 rings (SSSR count). The summed E-state index contributed by atoms with van der Waals surface area (Å²) >= 11 is 0. The van der Waals surface area contributed by atoms with E-state index in [-0.39, 0.29) is 25.6 Å². The van der Waals surface area contributed by atoms with E-state index in [1.807, 2.05) is 48.5 Å². The number of alkyl carbamates (subject to hydrolysis) is 1. The maximum Gasteiger partial charge on any atom is 0.407 e. The number of nitrogens with one attached hydrogen (secondary N) is 2. The predicted octanol–water partition coefficient (Wildman–Crippen LogP) is 3.69. The number of hydrogen-bond donors (Lipinski definition) is 3. The Bertz CT molecular complexity index is 1000. The van der Waals surface area contributed by atoms with Crippen molar-refractivity contribution in [2.24, 2.45) is 0 Å². The minimum absolute atomic E-state index is 0.0991. The van der Waals surface area contributed by atoms with Gasteiger partial charge in [0.1, 0.15) is 12.6 Å². The highest BCUT2D eigenvalue weighted by molar-refractivity contribution is 5.89. The summed E-state index contributed by atoms with van der Waals surface area (Å²) in [5, 5.41) is 14.4. The van der Waals surface area contributed by atoms with Gasteiger partial charge in [-0.1, -0.05) is 55.5 Å². The van der Waals surface area contributed by atoms with Gasteiger partial charge in [0.05, 0.1) is 12.2 Å². The maximum absolute atomic E-state index is 12.6. The normalized spacial score (nSPS) is 14.5. The van der Waals surface area contributed by atoms with E-state index in [1.54, 1.807) is 27.7 Å². The van der Waals surface area contributed by atoms with Crippen LogP contribution in [0.15, 0.2) is 48.5 Å². The van der Waals surface area contributed by atoms with Crippen molar-refractivity contribution in [3.63, 3.8) is 0 Å². The van der Waals surface area contributed by atoms with E-state index in [2.05, 4.69) is 10.6 Å². The van der Waals surface area contributed by atoms with Crippen LogP contribution < -0.4 is 10.6 Å². The van der Waals surface area contributed by atoms with E-state index in [1.165, 1.54) is 0 Å². The summed E-state index contributed by atoms with van der Waals surface area (Å²) in [5.41, 5.74) is 3.86. The third-order valence-corrected chi connectivity index (χ3v) is 5.66. The summed E-state index contributed by atoms with van der Waals surface area (Å²) in [6, 6.07) is 13.8. The molecule has 0 saturated carbocycles. The van der Waals surface area contributed by atoms with Crippen LogP contribution in [0.4, 0.5) is 4.79 Å². The second kappa shape index (κ2) is 10.7. The molecule has 2 atom stereocenters. The molecule has 0 aromatic heterocycles. The average molecular weight is 469 g/mol. The lowest BCUT2D eigenvalue weighted by Crippen LogP contribution is -2.53. The lowest BCUT2D eigenvalue weighted by Gasteiger charge is -2.24. The molecule has 0 bridgehead atoms. The van der Waals surface area contributed by atoms with Crippen LogP contribution in [0.25, 0.3) is 11.1 Å². The van der Waals surface area contributed by atoms with Crippen LogP contribution in [-0.4, -0.2) is 54.0 Å². The van der Waals surface area contributed by atoms with Crippen LogP contribution in [0.3, 0.4) is 0 Å². The van der Waals surface area contributed by atoms with E-state index < -0.39 is 35.7 Å². The molecule has 0 unspecified atom stereocenters. The Kier molecular flexibility index (Phi) is 7.94. The number of amides is 2. The minimum atomic E-state index is -1.23. The molecule has 8 nitrogen and oxygen atoms in total. The first-order chi connectivity index (χ1) is 16.1. The zero-order valence-corrected chi connectivity index (χ0v) is 20.0. The van der Waals surface area contributed by atoms with Gasteiger partial charge in [-0.2, -0.15) is 0 Å². The summed E-state index contributed by atoms with van der Waals surface area (Å²) in [4.78, 5) is 36.7. The van der Waals surface area contributed by atoms with Crippen molar-refractivity contribution in [1.29, 1.82) is 0 Å². The zero-order chi connectivity index (χ0) is 24.9. The van der Waals surface area contributed by atoms with Gasteiger partial charge >= 0.3 is 12.1 Å². The second-order valence-electron chi connectivity index (χ2n) is 9.25. The summed E-state index contributed by atoms with van der Waals surface area (Å²) < 4.78 is 11.0. The Balaban J connectivity index is 1.59. The van der Waals surface area contributed by atoms with Gasteiger partial charge in [0.25, 0.3) is 0 Å². The molecule has 1 aliphatic rings. The number of ether oxygens (including phenoxy) is 2. The van der Waals surface area contributed by atoms with Crippen LogP contribution in [-0.2, 0) is 19.1 Å². The molecule has 34 heavy (non-hydrogen) atoms. The van der Waals surface area contributed by atoms with Gasteiger partial charge in [-0.05, 0) is 49.4 Å². The van der Waals surface area contributed by atoms with Crippen molar-refractivity contribution in [1.82, 2.24) is 10.6 Å². The molecule has 2 amide bonds. The van der Waals surface area contributed by atoms with Gasteiger partial charge in [-0.3, -0.25) is 4.79 Å². The molecule has 0 spiro atoms. The SMILES string of the molecule is CC[C@@H](NC(=O)OCC1c2ccccc2-c2ccccc21)C(=O)N[C@@H](COC(C)(C)C)C(=O)O. The molecule has 2 aromatic carbocycles. The monoisotopic (exact) mass is 468 g/mol. The van der Waals surface area contributed by atoms with Crippen molar-refractivity contribution >= 4 is 18.0 Å². The molecule has 0 saturated heterocycles. The first-order valence-corrected chi connectivity index (χ1v) is 11.4. The molecule has 8 heteroatoms. The lowest BCUT2D eigenvalue weighted by molar-refractivity contribution is -0.145. The molecule has 2 aromatic rings. The van der Waals surface area contributed by atoms with Crippen LogP contribution in [0.2, 0.25) is 0 Å². The van der Waals surface area contributed by atoms with Crippen molar-refractivity contribution in [3.8, 4) is 11.1 Å². The summed E-state index contributed by atoms with van der Waals surface area (Å²) in [6.07, 6.45) is -0.468. The lowest BCUT2D eigenvalue weighted by atomic mass is 9.98. The van der Waals surface area contributed by atoms with Crippen molar-refractivity contribution < 1.29 is 29.0 Å². The van der Waals surface area contributed by atoms with Gasteiger partial charge in [0.15, 0.2) is 6.04 Å². The van der Waals surface area contributed by atoms with Crippen molar-refractivity contribution in [2.75, 3.05) is 13.2 Å². The Morgan fingerprint density at radius 2 is 1.50 bits per heavy atom.